The zero-order chi connectivity index (χ0) is 15.9. The summed E-state index contributed by atoms with van der Waals surface area (Å²) in [6, 6.07) is 7.40. The van der Waals surface area contributed by atoms with E-state index in [1.54, 1.807) is 13.0 Å². The summed E-state index contributed by atoms with van der Waals surface area (Å²) in [5.41, 5.74) is 2.24. The molecule has 1 aromatic carbocycles. The van der Waals surface area contributed by atoms with Crippen LogP contribution in [0.5, 0.6) is 0 Å². The third kappa shape index (κ3) is 2.07. The zero-order valence-electron chi connectivity index (χ0n) is 11.4. The summed E-state index contributed by atoms with van der Waals surface area (Å²) in [4.78, 5) is 15.0. The average molecular weight is 296 g/mol. The van der Waals surface area contributed by atoms with Crippen LogP contribution < -0.4 is 0 Å². The molecular formula is C15H9FN4O2. The lowest BCUT2D eigenvalue weighted by Gasteiger charge is -2.07. The van der Waals surface area contributed by atoms with Crippen LogP contribution >= 0.6 is 0 Å². The molecular weight excluding hydrogens is 287 g/mol. The number of hydrogen-bond donors (Lipinski definition) is 1. The fraction of sp³-hybridized carbons (Fsp3) is 0.0667. The Balaban J connectivity index is 2.31. The molecule has 0 spiro atoms. The summed E-state index contributed by atoms with van der Waals surface area (Å²) in [5, 5.41) is 22.5. The Labute approximate surface area is 124 Å². The van der Waals surface area contributed by atoms with Crippen molar-refractivity contribution in [1.82, 2.24) is 14.6 Å². The Morgan fingerprint density at radius 1 is 1.41 bits per heavy atom. The van der Waals surface area contributed by atoms with Gasteiger partial charge in [-0.25, -0.2) is 18.7 Å². The molecule has 1 N–H and O–H groups in total. The average Bonchev–Trinajstić information content (AvgIpc) is 2.91. The van der Waals surface area contributed by atoms with E-state index in [2.05, 4.69) is 10.1 Å². The van der Waals surface area contributed by atoms with Gasteiger partial charge in [-0.1, -0.05) is 0 Å². The summed E-state index contributed by atoms with van der Waals surface area (Å²) in [5.74, 6) is -1.95. The SMILES string of the molecule is Cc1cc(-c2ccc(F)cc2C#N)nn2c(C(=O)O)ncc12. The molecule has 6 nitrogen and oxygen atoms in total. The van der Waals surface area contributed by atoms with Crippen LogP contribution in [0.1, 0.15) is 21.7 Å². The Kier molecular flexibility index (Phi) is 3.07. The monoisotopic (exact) mass is 296 g/mol. The molecule has 0 unspecified atom stereocenters. The molecule has 108 valence electrons. The van der Waals surface area contributed by atoms with Gasteiger partial charge >= 0.3 is 5.97 Å². The molecule has 0 fully saturated rings. The number of aromatic nitrogens is 3. The topological polar surface area (TPSA) is 91.3 Å². The van der Waals surface area contributed by atoms with E-state index in [-0.39, 0.29) is 11.4 Å². The van der Waals surface area contributed by atoms with E-state index >= 15 is 0 Å². The molecule has 3 aromatic rings. The van der Waals surface area contributed by atoms with Crippen molar-refractivity contribution in [2.24, 2.45) is 0 Å². The quantitative estimate of drug-likeness (QED) is 0.784. The van der Waals surface area contributed by atoms with Crippen LogP contribution in [-0.4, -0.2) is 25.7 Å². The number of carboxylic acids is 1. The molecule has 2 heterocycles. The van der Waals surface area contributed by atoms with E-state index in [9.17, 15) is 9.18 Å². The highest BCUT2D eigenvalue weighted by atomic mass is 19.1. The van der Waals surface area contributed by atoms with E-state index in [0.717, 1.165) is 11.6 Å². The number of aryl methyl sites for hydroxylation is 1. The van der Waals surface area contributed by atoms with Crippen LogP contribution in [0.15, 0.2) is 30.5 Å². The number of halogens is 1. The molecule has 22 heavy (non-hydrogen) atoms. The van der Waals surface area contributed by atoms with Crippen LogP contribution in [0.3, 0.4) is 0 Å². The van der Waals surface area contributed by atoms with Crippen molar-refractivity contribution in [2.45, 2.75) is 6.92 Å². The first-order valence-corrected chi connectivity index (χ1v) is 6.30. The van der Waals surface area contributed by atoms with Crippen molar-refractivity contribution in [3.05, 3.63) is 53.2 Å². The molecule has 7 heteroatoms. The molecule has 3 rings (SSSR count). The van der Waals surface area contributed by atoms with Gasteiger partial charge in [-0.3, -0.25) is 0 Å². The predicted octanol–water partition coefficient (Wildman–Crippen LogP) is 2.41. The molecule has 2 aromatic heterocycles. The number of rotatable bonds is 2. The van der Waals surface area contributed by atoms with Gasteiger partial charge in [0, 0.05) is 5.56 Å². The summed E-state index contributed by atoms with van der Waals surface area (Å²) >= 11 is 0. The number of hydrogen-bond acceptors (Lipinski definition) is 4. The van der Waals surface area contributed by atoms with Crippen molar-refractivity contribution >= 4 is 11.5 Å². The summed E-state index contributed by atoms with van der Waals surface area (Å²) < 4.78 is 14.4. The first kappa shape index (κ1) is 13.7. The van der Waals surface area contributed by atoms with Crippen LogP contribution in [-0.2, 0) is 0 Å². The third-order valence-corrected chi connectivity index (χ3v) is 3.27. The largest absolute Gasteiger partial charge is 0.475 e. The minimum absolute atomic E-state index is 0.128. The lowest BCUT2D eigenvalue weighted by atomic mass is 10.0. The highest BCUT2D eigenvalue weighted by Crippen LogP contribution is 2.25. The van der Waals surface area contributed by atoms with Gasteiger partial charge < -0.3 is 5.11 Å². The van der Waals surface area contributed by atoms with E-state index in [4.69, 9.17) is 10.4 Å². The zero-order valence-corrected chi connectivity index (χ0v) is 11.4. The second-order valence-electron chi connectivity index (χ2n) is 4.70. The minimum Gasteiger partial charge on any atom is -0.475 e. The van der Waals surface area contributed by atoms with E-state index in [1.165, 1.54) is 22.8 Å². The molecule has 0 amide bonds. The number of benzene rings is 1. The number of aromatic carboxylic acids is 1. The van der Waals surface area contributed by atoms with Crippen molar-refractivity contribution < 1.29 is 14.3 Å². The Bertz CT molecular complexity index is 956. The van der Waals surface area contributed by atoms with Gasteiger partial charge in [0.1, 0.15) is 5.82 Å². The maximum absolute atomic E-state index is 13.2. The van der Waals surface area contributed by atoms with Crippen molar-refractivity contribution in [1.29, 1.82) is 5.26 Å². The standard InChI is InChI=1S/C15H9FN4O2/c1-8-4-12(11-3-2-10(16)5-9(11)6-17)19-20-13(8)7-18-14(20)15(21)22/h2-5,7H,1H3,(H,21,22). The fourth-order valence-electron chi connectivity index (χ4n) is 2.24. The molecule has 0 aliphatic rings. The molecule has 0 bridgehead atoms. The van der Waals surface area contributed by atoms with Crippen LogP contribution in [0.4, 0.5) is 4.39 Å². The third-order valence-electron chi connectivity index (χ3n) is 3.27. The maximum atomic E-state index is 13.2. The summed E-state index contributed by atoms with van der Waals surface area (Å²) in [7, 11) is 0. The summed E-state index contributed by atoms with van der Waals surface area (Å²) in [6.45, 7) is 1.78. The van der Waals surface area contributed by atoms with Crippen molar-refractivity contribution in [2.75, 3.05) is 0 Å². The second-order valence-corrected chi connectivity index (χ2v) is 4.70. The van der Waals surface area contributed by atoms with Gasteiger partial charge in [0.15, 0.2) is 0 Å². The number of nitriles is 1. The highest BCUT2D eigenvalue weighted by molar-refractivity contribution is 5.85. The second kappa shape index (κ2) is 4.93. The Morgan fingerprint density at radius 3 is 2.86 bits per heavy atom. The van der Waals surface area contributed by atoms with Gasteiger partial charge in [0.2, 0.25) is 5.82 Å². The van der Waals surface area contributed by atoms with Gasteiger partial charge in [0.25, 0.3) is 0 Å². The molecule has 0 aliphatic carbocycles. The van der Waals surface area contributed by atoms with Crippen LogP contribution in [0.25, 0.3) is 16.8 Å². The van der Waals surface area contributed by atoms with Gasteiger partial charge in [-0.05, 0) is 36.8 Å². The number of imidazole rings is 1. The van der Waals surface area contributed by atoms with Gasteiger partial charge in [-0.15, -0.1) is 0 Å². The Morgan fingerprint density at radius 2 is 2.18 bits per heavy atom. The van der Waals surface area contributed by atoms with E-state index in [0.29, 0.717) is 16.8 Å². The van der Waals surface area contributed by atoms with Crippen molar-refractivity contribution in [3.63, 3.8) is 0 Å². The van der Waals surface area contributed by atoms with E-state index < -0.39 is 11.8 Å². The highest BCUT2D eigenvalue weighted by Gasteiger charge is 2.16. The normalized spacial score (nSPS) is 10.6. The van der Waals surface area contributed by atoms with Gasteiger partial charge in [0.05, 0.1) is 29.0 Å². The lowest BCUT2D eigenvalue weighted by Crippen LogP contribution is -2.07. The molecule has 0 saturated heterocycles. The number of carbonyl (C=O) groups is 1. The number of fused-ring (bicyclic) bond motifs is 1. The first-order chi connectivity index (χ1) is 10.5. The smallest absolute Gasteiger partial charge is 0.374 e. The lowest BCUT2D eigenvalue weighted by molar-refractivity contribution is 0.0681. The summed E-state index contributed by atoms with van der Waals surface area (Å²) in [6.07, 6.45) is 1.42. The predicted molar refractivity (Wildman–Crippen MR) is 74.8 cm³/mol. The molecule has 0 saturated carbocycles. The number of nitrogens with zero attached hydrogens (tertiary/aromatic N) is 4. The molecule has 0 atom stereocenters. The van der Waals surface area contributed by atoms with Crippen molar-refractivity contribution in [3.8, 4) is 17.3 Å². The maximum Gasteiger partial charge on any atom is 0.374 e. The van der Waals surface area contributed by atoms with E-state index in [1.807, 2.05) is 6.07 Å². The minimum atomic E-state index is -1.20. The van der Waals surface area contributed by atoms with Gasteiger partial charge in [-0.2, -0.15) is 10.4 Å². The molecule has 0 aliphatic heterocycles. The fourth-order valence-corrected chi connectivity index (χ4v) is 2.24. The van der Waals surface area contributed by atoms with Crippen LogP contribution in [0.2, 0.25) is 0 Å². The van der Waals surface area contributed by atoms with Crippen LogP contribution in [0, 0.1) is 24.1 Å². The first-order valence-electron chi connectivity index (χ1n) is 6.30. The number of carboxylic acid groups (broad SMARTS) is 1. The Hall–Kier alpha value is -3.27. The molecule has 0 radical (unpaired) electrons.